The maximum Gasteiger partial charge on any atom is 0.275 e. The van der Waals surface area contributed by atoms with Crippen LogP contribution in [-0.2, 0) is 11.3 Å². The minimum Gasteiger partial charge on any atom is -0.467 e. The number of anilines is 1. The van der Waals surface area contributed by atoms with E-state index in [1.165, 1.54) is 11.0 Å². The van der Waals surface area contributed by atoms with Crippen molar-refractivity contribution in [3.63, 3.8) is 0 Å². The molecule has 0 unspecified atom stereocenters. The Kier molecular flexibility index (Phi) is 4.92. The van der Waals surface area contributed by atoms with Crippen LogP contribution in [0.2, 0.25) is 0 Å². The molecular weight excluding hydrogens is 297 g/mol. The summed E-state index contributed by atoms with van der Waals surface area (Å²) >= 11 is 0. The number of hydrogen-bond donors (Lipinski definition) is 2. The maximum absolute atomic E-state index is 13.8. The molecule has 1 saturated heterocycles. The number of rotatable bonds is 5. The molecule has 23 heavy (non-hydrogen) atoms. The van der Waals surface area contributed by atoms with Gasteiger partial charge in [-0.3, -0.25) is 4.79 Å². The highest BCUT2D eigenvalue weighted by molar-refractivity contribution is 5.76. The summed E-state index contributed by atoms with van der Waals surface area (Å²) < 4.78 is 19.0. The van der Waals surface area contributed by atoms with Crippen LogP contribution in [0.4, 0.5) is 10.1 Å². The van der Waals surface area contributed by atoms with Gasteiger partial charge in [0.1, 0.15) is 11.6 Å². The third-order valence-electron chi connectivity index (χ3n) is 4.11. The molecule has 1 fully saturated rings. The van der Waals surface area contributed by atoms with Crippen molar-refractivity contribution in [2.24, 2.45) is 0 Å². The van der Waals surface area contributed by atoms with E-state index in [0.717, 1.165) is 31.9 Å². The highest BCUT2D eigenvalue weighted by Crippen LogP contribution is 2.17. The highest BCUT2D eigenvalue weighted by atomic mass is 19.1. The number of furan rings is 1. The van der Waals surface area contributed by atoms with Gasteiger partial charge in [-0.1, -0.05) is 12.1 Å². The molecular formula is C17H21FN3O2+. The van der Waals surface area contributed by atoms with Crippen LogP contribution in [0.15, 0.2) is 47.1 Å². The van der Waals surface area contributed by atoms with Crippen LogP contribution in [0.3, 0.4) is 0 Å². The van der Waals surface area contributed by atoms with E-state index in [9.17, 15) is 9.18 Å². The molecule has 0 spiro atoms. The Hall–Kier alpha value is -2.34. The van der Waals surface area contributed by atoms with Crippen molar-refractivity contribution >= 4 is 11.6 Å². The van der Waals surface area contributed by atoms with Crippen LogP contribution in [0.25, 0.3) is 0 Å². The molecule has 0 bridgehead atoms. The third-order valence-corrected chi connectivity index (χ3v) is 4.11. The first kappa shape index (κ1) is 15.6. The van der Waals surface area contributed by atoms with Crippen LogP contribution in [0.1, 0.15) is 5.76 Å². The Bertz CT molecular complexity index is 637. The Balaban J connectivity index is 1.44. The summed E-state index contributed by atoms with van der Waals surface area (Å²) in [6.45, 7) is 4.00. The Morgan fingerprint density at radius 1 is 1.22 bits per heavy atom. The zero-order valence-electron chi connectivity index (χ0n) is 12.9. The Labute approximate surface area is 134 Å². The van der Waals surface area contributed by atoms with E-state index in [4.69, 9.17) is 4.42 Å². The molecule has 0 atom stereocenters. The van der Waals surface area contributed by atoms with Crippen molar-refractivity contribution in [1.29, 1.82) is 0 Å². The predicted molar refractivity (Wildman–Crippen MR) is 84.7 cm³/mol. The monoisotopic (exact) mass is 318 g/mol. The quantitative estimate of drug-likeness (QED) is 0.841. The van der Waals surface area contributed by atoms with E-state index in [1.807, 2.05) is 17.0 Å². The standard InChI is InChI=1S/C17H20FN3O2/c18-15-5-1-2-6-16(15)21-9-7-20(8-10-21)13-17(22)19-12-14-4-3-11-23-14/h1-6,11H,7-10,12-13H2,(H,19,22)/p+1. The third kappa shape index (κ3) is 4.10. The van der Waals surface area contributed by atoms with Gasteiger partial charge in [-0.2, -0.15) is 0 Å². The first-order chi connectivity index (χ1) is 11.2. The number of carbonyl (C=O) groups excluding carboxylic acids is 1. The SMILES string of the molecule is O=C(C[NH+]1CCN(c2ccccc2F)CC1)NCc1ccco1. The molecule has 2 aromatic rings. The fourth-order valence-electron chi connectivity index (χ4n) is 2.84. The van der Waals surface area contributed by atoms with E-state index in [1.54, 1.807) is 24.5 Å². The zero-order chi connectivity index (χ0) is 16.1. The van der Waals surface area contributed by atoms with Gasteiger partial charge in [-0.05, 0) is 24.3 Å². The lowest BCUT2D eigenvalue weighted by Crippen LogP contribution is -3.15. The van der Waals surface area contributed by atoms with Crippen molar-refractivity contribution in [2.45, 2.75) is 6.54 Å². The van der Waals surface area contributed by atoms with Crippen molar-refractivity contribution in [3.05, 3.63) is 54.2 Å². The summed E-state index contributed by atoms with van der Waals surface area (Å²) in [7, 11) is 0. The number of quaternary nitrogens is 1. The fourth-order valence-corrected chi connectivity index (χ4v) is 2.84. The van der Waals surface area contributed by atoms with E-state index >= 15 is 0 Å². The summed E-state index contributed by atoms with van der Waals surface area (Å²) in [5.74, 6) is 0.570. The highest BCUT2D eigenvalue weighted by Gasteiger charge is 2.23. The van der Waals surface area contributed by atoms with Crippen LogP contribution in [0.5, 0.6) is 0 Å². The first-order valence-electron chi connectivity index (χ1n) is 7.84. The van der Waals surface area contributed by atoms with E-state index < -0.39 is 0 Å². The number of piperazine rings is 1. The molecule has 0 saturated carbocycles. The second kappa shape index (κ2) is 7.28. The summed E-state index contributed by atoms with van der Waals surface area (Å²) in [4.78, 5) is 15.2. The summed E-state index contributed by atoms with van der Waals surface area (Å²) in [6.07, 6.45) is 1.59. The van der Waals surface area contributed by atoms with Gasteiger partial charge in [0, 0.05) is 0 Å². The molecule has 1 aromatic heterocycles. The molecule has 1 aliphatic rings. The molecule has 1 aromatic carbocycles. The van der Waals surface area contributed by atoms with Gasteiger partial charge in [0.15, 0.2) is 6.54 Å². The maximum atomic E-state index is 13.8. The molecule has 2 heterocycles. The topological polar surface area (TPSA) is 49.9 Å². The summed E-state index contributed by atoms with van der Waals surface area (Å²) in [5.41, 5.74) is 0.647. The number of benzene rings is 1. The van der Waals surface area contributed by atoms with Crippen LogP contribution in [-0.4, -0.2) is 38.6 Å². The van der Waals surface area contributed by atoms with Gasteiger partial charge in [-0.15, -0.1) is 0 Å². The summed E-state index contributed by atoms with van der Waals surface area (Å²) in [5, 5.41) is 2.86. The molecule has 1 amide bonds. The fraction of sp³-hybridized carbons (Fsp3) is 0.353. The first-order valence-corrected chi connectivity index (χ1v) is 7.84. The lowest BCUT2D eigenvalue weighted by atomic mass is 10.2. The number of para-hydroxylation sites is 1. The number of nitrogens with one attached hydrogen (secondary N) is 2. The smallest absolute Gasteiger partial charge is 0.275 e. The lowest BCUT2D eigenvalue weighted by molar-refractivity contribution is -0.892. The van der Waals surface area contributed by atoms with E-state index in [-0.39, 0.29) is 11.7 Å². The number of carbonyl (C=O) groups is 1. The second-order valence-corrected chi connectivity index (χ2v) is 5.72. The van der Waals surface area contributed by atoms with Crippen molar-refractivity contribution in [1.82, 2.24) is 5.32 Å². The van der Waals surface area contributed by atoms with E-state index in [2.05, 4.69) is 5.32 Å². The molecule has 3 rings (SSSR count). The molecule has 2 N–H and O–H groups in total. The average molecular weight is 318 g/mol. The zero-order valence-corrected chi connectivity index (χ0v) is 12.9. The molecule has 6 heteroatoms. The molecule has 0 aliphatic carbocycles. The molecule has 122 valence electrons. The minimum absolute atomic E-state index is 0.00995. The summed E-state index contributed by atoms with van der Waals surface area (Å²) in [6, 6.07) is 10.5. The number of hydrogen-bond acceptors (Lipinski definition) is 3. The lowest BCUT2D eigenvalue weighted by Gasteiger charge is -2.33. The Morgan fingerprint density at radius 2 is 2.00 bits per heavy atom. The van der Waals surface area contributed by atoms with Crippen molar-refractivity contribution < 1.29 is 18.5 Å². The van der Waals surface area contributed by atoms with Gasteiger partial charge < -0.3 is 19.5 Å². The minimum atomic E-state index is -0.188. The Morgan fingerprint density at radius 3 is 2.70 bits per heavy atom. The van der Waals surface area contributed by atoms with Gasteiger partial charge in [0.2, 0.25) is 0 Å². The largest absolute Gasteiger partial charge is 0.467 e. The predicted octanol–water partition coefficient (Wildman–Crippen LogP) is 0.440. The van der Waals surface area contributed by atoms with Crippen LogP contribution < -0.4 is 15.1 Å². The molecule has 1 aliphatic heterocycles. The van der Waals surface area contributed by atoms with E-state index in [0.29, 0.717) is 18.8 Å². The second-order valence-electron chi connectivity index (χ2n) is 5.72. The van der Waals surface area contributed by atoms with Gasteiger partial charge in [0.05, 0.1) is 44.7 Å². The van der Waals surface area contributed by atoms with Crippen molar-refractivity contribution in [2.75, 3.05) is 37.6 Å². The molecule has 5 nitrogen and oxygen atoms in total. The average Bonchev–Trinajstić information content (AvgIpc) is 3.08. The normalized spacial score (nSPS) is 15.6. The number of halogens is 1. The number of nitrogens with zero attached hydrogens (tertiary/aromatic N) is 1. The van der Waals surface area contributed by atoms with Gasteiger partial charge in [0.25, 0.3) is 5.91 Å². The van der Waals surface area contributed by atoms with Crippen LogP contribution in [0, 0.1) is 5.82 Å². The van der Waals surface area contributed by atoms with Crippen molar-refractivity contribution in [3.8, 4) is 0 Å². The number of amides is 1. The van der Waals surface area contributed by atoms with Gasteiger partial charge >= 0.3 is 0 Å². The molecule has 0 radical (unpaired) electrons. The van der Waals surface area contributed by atoms with Crippen LogP contribution >= 0.6 is 0 Å². The van der Waals surface area contributed by atoms with Gasteiger partial charge in [-0.25, -0.2) is 4.39 Å².